The molecular formula is C22H26N2O3. The third-order valence-corrected chi connectivity index (χ3v) is 5.47. The number of ether oxygens (including phenoxy) is 2. The molecule has 27 heavy (non-hydrogen) atoms. The molecule has 0 radical (unpaired) electrons. The second-order valence-electron chi connectivity index (χ2n) is 7.68. The van der Waals surface area contributed by atoms with E-state index in [1.165, 1.54) is 5.56 Å². The summed E-state index contributed by atoms with van der Waals surface area (Å²) in [6.45, 7) is 5.06. The Bertz CT molecular complexity index is 774. The lowest BCUT2D eigenvalue weighted by Crippen LogP contribution is -2.48. The van der Waals surface area contributed by atoms with Crippen LogP contribution in [-0.4, -0.2) is 43.3 Å². The maximum Gasteiger partial charge on any atom is 0.321 e. The highest BCUT2D eigenvalue weighted by molar-refractivity contribution is 5.89. The number of carbonyl (C=O) groups excluding carboxylic acids is 1. The van der Waals surface area contributed by atoms with Gasteiger partial charge in [-0.05, 0) is 42.7 Å². The predicted molar refractivity (Wildman–Crippen MR) is 105 cm³/mol. The van der Waals surface area contributed by atoms with Gasteiger partial charge >= 0.3 is 6.03 Å². The Kier molecular flexibility index (Phi) is 5.03. The Labute approximate surface area is 160 Å². The van der Waals surface area contributed by atoms with Gasteiger partial charge in [0.2, 0.25) is 0 Å². The molecule has 2 aliphatic rings. The number of amides is 2. The Hall–Kier alpha value is -2.53. The first-order valence-electron chi connectivity index (χ1n) is 9.58. The van der Waals surface area contributed by atoms with Crippen LogP contribution in [0.3, 0.4) is 0 Å². The number of hydrogen-bond donors (Lipinski definition) is 1. The maximum absolute atomic E-state index is 12.8. The zero-order valence-corrected chi connectivity index (χ0v) is 15.7. The average molecular weight is 366 g/mol. The summed E-state index contributed by atoms with van der Waals surface area (Å²) in [6.07, 6.45) is 2.25. The number of urea groups is 1. The van der Waals surface area contributed by atoms with E-state index in [0.29, 0.717) is 13.2 Å². The van der Waals surface area contributed by atoms with Crippen LogP contribution in [0.1, 0.15) is 25.3 Å². The van der Waals surface area contributed by atoms with Gasteiger partial charge in [0, 0.05) is 24.2 Å². The second-order valence-corrected chi connectivity index (χ2v) is 7.68. The molecule has 142 valence electrons. The summed E-state index contributed by atoms with van der Waals surface area (Å²) >= 11 is 0. The van der Waals surface area contributed by atoms with E-state index in [2.05, 4.69) is 36.5 Å². The van der Waals surface area contributed by atoms with Crippen molar-refractivity contribution in [3.05, 3.63) is 60.2 Å². The smallest absolute Gasteiger partial charge is 0.321 e. The van der Waals surface area contributed by atoms with Crippen molar-refractivity contribution in [2.75, 3.05) is 31.6 Å². The normalized spacial score (nSPS) is 22.8. The van der Waals surface area contributed by atoms with Crippen molar-refractivity contribution in [1.82, 2.24) is 4.90 Å². The number of likely N-dealkylation sites (tertiary alicyclic amines) is 1. The molecule has 1 atom stereocenters. The predicted octanol–water partition coefficient (Wildman–Crippen LogP) is 4.05. The molecule has 0 aromatic heterocycles. The topological polar surface area (TPSA) is 50.8 Å². The summed E-state index contributed by atoms with van der Waals surface area (Å²) in [4.78, 5) is 14.7. The van der Waals surface area contributed by atoms with Gasteiger partial charge in [0.15, 0.2) is 0 Å². The van der Waals surface area contributed by atoms with E-state index in [4.69, 9.17) is 9.47 Å². The Morgan fingerprint density at radius 3 is 2.56 bits per heavy atom. The van der Waals surface area contributed by atoms with Crippen LogP contribution >= 0.6 is 0 Å². The first-order chi connectivity index (χ1) is 13.1. The summed E-state index contributed by atoms with van der Waals surface area (Å²) in [5.41, 5.74) is 2.08. The monoisotopic (exact) mass is 366 g/mol. The average Bonchev–Trinajstić information content (AvgIpc) is 2.67. The van der Waals surface area contributed by atoms with Gasteiger partial charge in [-0.3, -0.25) is 0 Å². The fourth-order valence-electron chi connectivity index (χ4n) is 3.78. The summed E-state index contributed by atoms with van der Waals surface area (Å²) in [5, 5.41) is 3.02. The fourth-order valence-corrected chi connectivity index (χ4v) is 3.78. The lowest BCUT2D eigenvalue weighted by atomic mass is 9.76. The lowest BCUT2D eigenvalue weighted by Gasteiger charge is -2.40. The maximum atomic E-state index is 12.8. The van der Waals surface area contributed by atoms with Gasteiger partial charge in [0.1, 0.15) is 11.9 Å². The zero-order chi connectivity index (χ0) is 18.7. The number of hydrogen-bond acceptors (Lipinski definition) is 3. The molecule has 0 aliphatic carbocycles. The molecule has 2 aromatic rings. The molecule has 2 saturated heterocycles. The van der Waals surface area contributed by atoms with Crippen LogP contribution in [0.15, 0.2) is 54.6 Å². The number of nitrogens with zero attached hydrogens (tertiary/aromatic N) is 1. The number of nitrogens with one attached hydrogen (secondary N) is 1. The second kappa shape index (κ2) is 7.61. The number of benzene rings is 2. The van der Waals surface area contributed by atoms with Gasteiger partial charge in [-0.2, -0.15) is 0 Å². The van der Waals surface area contributed by atoms with Crippen LogP contribution < -0.4 is 10.1 Å². The van der Waals surface area contributed by atoms with E-state index in [9.17, 15) is 4.79 Å². The van der Waals surface area contributed by atoms with Crippen LogP contribution in [-0.2, 0) is 10.2 Å². The molecule has 2 aromatic carbocycles. The molecule has 2 aliphatic heterocycles. The van der Waals surface area contributed by atoms with Crippen LogP contribution in [0.4, 0.5) is 10.5 Å². The molecule has 2 amide bonds. The van der Waals surface area contributed by atoms with E-state index in [1.54, 1.807) is 0 Å². The Morgan fingerprint density at radius 1 is 1.15 bits per heavy atom. The van der Waals surface area contributed by atoms with E-state index in [1.807, 2.05) is 35.2 Å². The van der Waals surface area contributed by atoms with Gasteiger partial charge in [0.05, 0.1) is 13.2 Å². The van der Waals surface area contributed by atoms with Gasteiger partial charge < -0.3 is 19.7 Å². The van der Waals surface area contributed by atoms with Gasteiger partial charge in [0.25, 0.3) is 0 Å². The molecule has 0 spiro atoms. The molecule has 2 fully saturated rings. The van der Waals surface area contributed by atoms with Gasteiger partial charge in [-0.25, -0.2) is 4.79 Å². The molecule has 5 heteroatoms. The van der Waals surface area contributed by atoms with Crippen molar-refractivity contribution in [2.45, 2.75) is 31.3 Å². The highest BCUT2D eigenvalue weighted by Crippen LogP contribution is 2.33. The van der Waals surface area contributed by atoms with Crippen molar-refractivity contribution >= 4 is 11.7 Å². The summed E-state index contributed by atoms with van der Waals surface area (Å²) in [7, 11) is 0. The van der Waals surface area contributed by atoms with Crippen molar-refractivity contribution in [1.29, 1.82) is 0 Å². The van der Waals surface area contributed by atoms with Crippen LogP contribution in [0.2, 0.25) is 0 Å². The first kappa shape index (κ1) is 17.9. The zero-order valence-electron chi connectivity index (χ0n) is 15.7. The van der Waals surface area contributed by atoms with Crippen molar-refractivity contribution in [3.8, 4) is 5.75 Å². The molecule has 0 bridgehead atoms. The van der Waals surface area contributed by atoms with Crippen LogP contribution in [0, 0.1) is 0 Å². The molecule has 1 N–H and O–H groups in total. The number of rotatable bonds is 4. The summed E-state index contributed by atoms with van der Waals surface area (Å²) in [6, 6.07) is 18.0. The standard InChI is InChI=1S/C22H26N2O3/c1-22(17-6-3-2-4-7-17)12-5-13-24(16-22)21(25)23-18-8-10-19(11-9-18)27-20-14-26-15-20/h2-4,6-11,20H,5,12-16H2,1H3,(H,23,25). The molecular weight excluding hydrogens is 340 g/mol. The molecule has 5 nitrogen and oxygen atoms in total. The van der Waals surface area contributed by atoms with Gasteiger partial charge in [-0.15, -0.1) is 0 Å². The van der Waals surface area contributed by atoms with Crippen molar-refractivity contribution in [2.24, 2.45) is 0 Å². The third kappa shape index (κ3) is 4.08. The fraction of sp³-hybridized carbons (Fsp3) is 0.409. The van der Waals surface area contributed by atoms with Crippen LogP contribution in [0.5, 0.6) is 5.75 Å². The van der Waals surface area contributed by atoms with Gasteiger partial charge in [-0.1, -0.05) is 37.3 Å². The quantitative estimate of drug-likeness (QED) is 0.888. The first-order valence-corrected chi connectivity index (χ1v) is 9.58. The third-order valence-electron chi connectivity index (χ3n) is 5.47. The number of carbonyl (C=O) groups is 1. The van der Waals surface area contributed by atoms with Crippen molar-refractivity contribution < 1.29 is 14.3 Å². The minimum Gasteiger partial charge on any atom is -0.486 e. The molecule has 4 rings (SSSR count). The number of piperidine rings is 1. The molecule has 0 saturated carbocycles. The van der Waals surface area contributed by atoms with E-state index >= 15 is 0 Å². The number of anilines is 1. The molecule has 1 unspecified atom stereocenters. The minimum atomic E-state index is -0.0436. The Balaban J connectivity index is 1.37. The lowest BCUT2D eigenvalue weighted by molar-refractivity contribution is -0.0796. The Morgan fingerprint density at radius 2 is 1.89 bits per heavy atom. The summed E-state index contributed by atoms with van der Waals surface area (Å²) < 4.78 is 10.9. The van der Waals surface area contributed by atoms with E-state index < -0.39 is 0 Å². The minimum absolute atomic E-state index is 0.000603. The van der Waals surface area contributed by atoms with Crippen molar-refractivity contribution in [3.63, 3.8) is 0 Å². The van der Waals surface area contributed by atoms with Crippen LogP contribution in [0.25, 0.3) is 0 Å². The SMILES string of the molecule is CC1(c2ccccc2)CCCN(C(=O)Nc2ccc(OC3COC3)cc2)C1. The van der Waals surface area contributed by atoms with E-state index in [0.717, 1.165) is 37.4 Å². The highest BCUT2D eigenvalue weighted by Gasteiger charge is 2.34. The highest BCUT2D eigenvalue weighted by atomic mass is 16.6. The largest absolute Gasteiger partial charge is 0.486 e. The van der Waals surface area contributed by atoms with E-state index in [-0.39, 0.29) is 17.6 Å². The summed E-state index contributed by atoms with van der Waals surface area (Å²) in [5.74, 6) is 0.802. The molecule has 2 heterocycles.